The number of ether oxygens (including phenoxy) is 3. The average Bonchev–Trinajstić information content (AvgIpc) is 2.45. The molecule has 0 aliphatic rings. The molecule has 0 radical (unpaired) electrons. The molecule has 0 amide bonds. The van der Waals surface area contributed by atoms with Gasteiger partial charge in [0.05, 0.1) is 19.8 Å². The Hall–Kier alpha value is -1.26. The lowest BCUT2D eigenvalue weighted by Crippen LogP contribution is -2.18. The summed E-state index contributed by atoms with van der Waals surface area (Å²) in [4.78, 5) is 0. The van der Waals surface area contributed by atoms with E-state index in [1.54, 1.807) is 14.2 Å². The molecule has 114 valence electrons. The fraction of sp³-hybridized carbons (Fsp3) is 0.625. The zero-order valence-corrected chi connectivity index (χ0v) is 13.1. The number of methoxy groups -OCH3 is 2. The molecule has 20 heavy (non-hydrogen) atoms. The van der Waals surface area contributed by atoms with Crippen LogP contribution in [0.5, 0.6) is 11.5 Å². The van der Waals surface area contributed by atoms with Gasteiger partial charge in [0, 0.05) is 20.2 Å². The van der Waals surface area contributed by atoms with Gasteiger partial charge in [-0.1, -0.05) is 19.4 Å². The lowest BCUT2D eigenvalue weighted by atomic mass is 10.2. The Morgan fingerprint density at radius 1 is 1.20 bits per heavy atom. The predicted molar refractivity (Wildman–Crippen MR) is 81.6 cm³/mol. The van der Waals surface area contributed by atoms with Crippen LogP contribution in [0.4, 0.5) is 0 Å². The molecule has 0 fully saturated rings. The van der Waals surface area contributed by atoms with Crippen LogP contribution in [-0.4, -0.2) is 33.5 Å². The molecule has 0 bridgehead atoms. The number of rotatable bonds is 10. The standard InChI is InChI=1S/C16H27NO3/c1-5-6-13(2)20-15-8-7-14(11-16(15)19-4)12-17-9-10-18-3/h7-8,11,13,17H,5-6,9-10,12H2,1-4H3. The van der Waals surface area contributed by atoms with Gasteiger partial charge in [0.15, 0.2) is 11.5 Å². The van der Waals surface area contributed by atoms with E-state index < -0.39 is 0 Å². The Bertz CT molecular complexity index is 382. The van der Waals surface area contributed by atoms with Crippen LogP contribution < -0.4 is 14.8 Å². The normalized spacial score (nSPS) is 12.2. The maximum absolute atomic E-state index is 5.91. The van der Waals surface area contributed by atoms with Crippen LogP contribution >= 0.6 is 0 Å². The maximum atomic E-state index is 5.91. The molecule has 0 heterocycles. The second-order valence-electron chi connectivity index (χ2n) is 4.87. The summed E-state index contributed by atoms with van der Waals surface area (Å²) >= 11 is 0. The monoisotopic (exact) mass is 281 g/mol. The van der Waals surface area contributed by atoms with Crippen molar-refractivity contribution < 1.29 is 14.2 Å². The Morgan fingerprint density at radius 3 is 2.65 bits per heavy atom. The molecule has 0 spiro atoms. The van der Waals surface area contributed by atoms with Crippen molar-refractivity contribution in [3.05, 3.63) is 23.8 Å². The van der Waals surface area contributed by atoms with Gasteiger partial charge in [-0.25, -0.2) is 0 Å². The Morgan fingerprint density at radius 2 is 2.00 bits per heavy atom. The van der Waals surface area contributed by atoms with Crippen LogP contribution in [0.25, 0.3) is 0 Å². The molecular weight excluding hydrogens is 254 g/mol. The summed E-state index contributed by atoms with van der Waals surface area (Å²) in [5.74, 6) is 1.60. The molecule has 1 unspecified atom stereocenters. The van der Waals surface area contributed by atoms with Crippen molar-refractivity contribution in [1.82, 2.24) is 5.32 Å². The Balaban J connectivity index is 2.60. The molecule has 0 aromatic heterocycles. The molecule has 0 aliphatic carbocycles. The third-order valence-corrected chi connectivity index (χ3v) is 3.06. The van der Waals surface area contributed by atoms with Crippen LogP contribution in [0, 0.1) is 0 Å². The molecule has 4 heteroatoms. The highest BCUT2D eigenvalue weighted by atomic mass is 16.5. The first kappa shape index (κ1) is 16.8. The predicted octanol–water partition coefficient (Wildman–Crippen LogP) is 3.00. The fourth-order valence-electron chi connectivity index (χ4n) is 2.01. The van der Waals surface area contributed by atoms with Crippen molar-refractivity contribution in [2.75, 3.05) is 27.4 Å². The summed E-state index contributed by atoms with van der Waals surface area (Å²) in [6.07, 6.45) is 2.37. The van der Waals surface area contributed by atoms with E-state index in [0.717, 1.165) is 37.4 Å². The van der Waals surface area contributed by atoms with Crippen LogP contribution in [0.2, 0.25) is 0 Å². The smallest absolute Gasteiger partial charge is 0.161 e. The van der Waals surface area contributed by atoms with E-state index in [2.05, 4.69) is 25.2 Å². The first-order valence-corrected chi connectivity index (χ1v) is 7.24. The van der Waals surface area contributed by atoms with E-state index in [0.29, 0.717) is 6.61 Å². The van der Waals surface area contributed by atoms with E-state index in [1.165, 1.54) is 5.56 Å². The SMILES string of the molecule is CCCC(C)Oc1ccc(CNCCOC)cc1OC. The van der Waals surface area contributed by atoms with E-state index in [9.17, 15) is 0 Å². The lowest BCUT2D eigenvalue weighted by molar-refractivity contribution is 0.198. The van der Waals surface area contributed by atoms with Gasteiger partial charge < -0.3 is 19.5 Å². The first-order valence-electron chi connectivity index (χ1n) is 7.24. The van der Waals surface area contributed by atoms with Crippen LogP contribution in [0.1, 0.15) is 32.3 Å². The van der Waals surface area contributed by atoms with Crippen LogP contribution in [0.15, 0.2) is 18.2 Å². The van der Waals surface area contributed by atoms with Crippen LogP contribution in [0.3, 0.4) is 0 Å². The summed E-state index contributed by atoms with van der Waals surface area (Å²) in [6, 6.07) is 6.07. The third-order valence-electron chi connectivity index (χ3n) is 3.06. The summed E-state index contributed by atoms with van der Waals surface area (Å²) in [5.41, 5.74) is 1.17. The van der Waals surface area contributed by atoms with Crippen molar-refractivity contribution in [3.63, 3.8) is 0 Å². The summed E-state index contributed by atoms with van der Waals surface area (Å²) in [6.45, 7) is 6.59. The minimum absolute atomic E-state index is 0.208. The van der Waals surface area contributed by atoms with Gasteiger partial charge in [0.25, 0.3) is 0 Å². The molecule has 1 N–H and O–H groups in total. The largest absolute Gasteiger partial charge is 0.493 e. The van der Waals surface area contributed by atoms with Gasteiger partial charge in [-0.05, 0) is 31.0 Å². The topological polar surface area (TPSA) is 39.7 Å². The Labute approximate surface area is 122 Å². The van der Waals surface area contributed by atoms with Gasteiger partial charge in [-0.3, -0.25) is 0 Å². The minimum Gasteiger partial charge on any atom is -0.493 e. The third kappa shape index (κ3) is 5.80. The maximum Gasteiger partial charge on any atom is 0.161 e. The van der Waals surface area contributed by atoms with Crippen molar-refractivity contribution in [2.24, 2.45) is 0 Å². The highest BCUT2D eigenvalue weighted by Gasteiger charge is 2.09. The zero-order chi connectivity index (χ0) is 14.8. The molecule has 1 atom stereocenters. The summed E-state index contributed by atoms with van der Waals surface area (Å²) in [7, 11) is 3.38. The number of hydrogen-bond acceptors (Lipinski definition) is 4. The van der Waals surface area contributed by atoms with Gasteiger partial charge in [0.2, 0.25) is 0 Å². The highest BCUT2D eigenvalue weighted by Crippen LogP contribution is 2.29. The van der Waals surface area contributed by atoms with Crippen molar-refractivity contribution in [1.29, 1.82) is 0 Å². The second-order valence-corrected chi connectivity index (χ2v) is 4.87. The van der Waals surface area contributed by atoms with Crippen molar-refractivity contribution in [2.45, 2.75) is 39.3 Å². The van der Waals surface area contributed by atoms with Gasteiger partial charge in [0.1, 0.15) is 0 Å². The van der Waals surface area contributed by atoms with Crippen molar-refractivity contribution >= 4 is 0 Å². The first-order chi connectivity index (χ1) is 9.71. The average molecular weight is 281 g/mol. The molecule has 0 saturated heterocycles. The summed E-state index contributed by atoms with van der Waals surface area (Å²) in [5, 5.41) is 3.31. The van der Waals surface area contributed by atoms with Gasteiger partial charge >= 0.3 is 0 Å². The minimum atomic E-state index is 0.208. The number of benzene rings is 1. The van der Waals surface area contributed by atoms with E-state index in [4.69, 9.17) is 14.2 Å². The van der Waals surface area contributed by atoms with E-state index in [1.807, 2.05) is 12.1 Å². The van der Waals surface area contributed by atoms with E-state index >= 15 is 0 Å². The zero-order valence-electron chi connectivity index (χ0n) is 13.1. The Kier molecular flexibility index (Phi) is 8.07. The molecular formula is C16H27NO3. The van der Waals surface area contributed by atoms with Crippen molar-refractivity contribution in [3.8, 4) is 11.5 Å². The van der Waals surface area contributed by atoms with E-state index in [-0.39, 0.29) is 6.10 Å². The highest BCUT2D eigenvalue weighted by molar-refractivity contribution is 5.43. The quantitative estimate of drug-likeness (QED) is 0.669. The lowest BCUT2D eigenvalue weighted by Gasteiger charge is -2.17. The molecule has 1 rings (SSSR count). The fourth-order valence-corrected chi connectivity index (χ4v) is 2.01. The number of hydrogen-bond donors (Lipinski definition) is 1. The second kappa shape index (κ2) is 9.61. The molecule has 1 aromatic carbocycles. The molecule has 0 saturated carbocycles. The molecule has 1 aromatic rings. The molecule has 0 aliphatic heterocycles. The summed E-state index contributed by atoms with van der Waals surface area (Å²) < 4.78 is 16.3. The van der Waals surface area contributed by atoms with Gasteiger partial charge in [-0.2, -0.15) is 0 Å². The number of nitrogens with one attached hydrogen (secondary N) is 1. The van der Waals surface area contributed by atoms with Gasteiger partial charge in [-0.15, -0.1) is 0 Å². The van der Waals surface area contributed by atoms with Crippen LogP contribution in [-0.2, 0) is 11.3 Å². The molecule has 4 nitrogen and oxygen atoms in total.